The zero-order valence-corrected chi connectivity index (χ0v) is 18.9. The van der Waals surface area contributed by atoms with E-state index in [1.165, 1.54) is 36.4 Å². The van der Waals surface area contributed by atoms with Crippen molar-refractivity contribution < 1.29 is 23.1 Å². The molecule has 2 N–H and O–H groups in total. The first kappa shape index (κ1) is 23.6. The molecule has 2 aromatic carbocycles. The molecule has 9 nitrogen and oxygen atoms in total. The van der Waals surface area contributed by atoms with Gasteiger partial charge in [-0.25, -0.2) is 8.78 Å². The van der Waals surface area contributed by atoms with Gasteiger partial charge in [-0.2, -0.15) is 0 Å². The van der Waals surface area contributed by atoms with Crippen LogP contribution < -0.4 is 15.5 Å². The Morgan fingerprint density at radius 2 is 1.76 bits per heavy atom. The molecule has 1 saturated heterocycles. The Labute approximate surface area is 198 Å². The summed E-state index contributed by atoms with van der Waals surface area (Å²) in [5.41, 5.74) is 0.960. The van der Waals surface area contributed by atoms with Gasteiger partial charge in [0.1, 0.15) is 11.6 Å². The average molecular weight is 489 g/mol. The molecule has 12 heteroatoms. The van der Waals surface area contributed by atoms with E-state index in [4.69, 9.17) is 4.74 Å². The summed E-state index contributed by atoms with van der Waals surface area (Å²) in [6.07, 6.45) is 0. The summed E-state index contributed by atoms with van der Waals surface area (Å²) >= 11 is 1.12. The van der Waals surface area contributed by atoms with Crippen molar-refractivity contribution in [3.05, 3.63) is 60.2 Å². The fourth-order valence-corrected chi connectivity index (χ4v) is 4.04. The quantitative estimate of drug-likeness (QED) is 0.469. The number of amides is 2. The van der Waals surface area contributed by atoms with E-state index in [9.17, 15) is 18.4 Å². The highest BCUT2D eigenvalue weighted by molar-refractivity contribution is 7.99. The lowest BCUT2D eigenvalue weighted by atomic mass is 10.3. The minimum atomic E-state index is -0.442. The van der Waals surface area contributed by atoms with Crippen LogP contribution >= 0.6 is 11.8 Å². The molecule has 0 saturated carbocycles. The normalized spacial score (nSPS) is 13.5. The van der Waals surface area contributed by atoms with Gasteiger partial charge in [0.2, 0.25) is 17.8 Å². The van der Waals surface area contributed by atoms with Crippen molar-refractivity contribution in [2.45, 2.75) is 5.16 Å². The molecular weight excluding hydrogens is 466 g/mol. The van der Waals surface area contributed by atoms with Crippen molar-refractivity contribution in [1.82, 2.24) is 20.1 Å². The van der Waals surface area contributed by atoms with E-state index in [1.54, 1.807) is 16.7 Å². The third kappa shape index (κ3) is 6.08. The van der Waals surface area contributed by atoms with Crippen LogP contribution in [0.4, 0.5) is 20.4 Å². The van der Waals surface area contributed by atoms with Gasteiger partial charge in [0.15, 0.2) is 5.16 Å². The number of aromatic nitrogens is 3. The molecule has 0 radical (unpaired) electrons. The fraction of sp³-hybridized carbons (Fsp3) is 0.273. The second kappa shape index (κ2) is 11.1. The summed E-state index contributed by atoms with van der Waals surface area (Å²) in [4.78, 5) is 26.3. The number of nitrogens with one attached hydrogen (secondary N) is 2. The van der Waals surface area contributed by atoms with E-state index in [2.05, 4.69) is 20.8 Å². The number of hydrogen-bond acceptors (Lipinski definition) is 7. The van der Waals surface area contributed by atoms with Gasteiger partial charge >= 0.3 is 0 Å². The van der Waals surface area contributed by atoms with Crippen molar-refractivity contribution in [3.8, 4) is 5.69 Å². The molecule has 4 rings (SSSR count). The van der Waals surface area contributed by atoms with Crippen LogP contribution in [0, 0.1) is 11.6 Å². The minimum Gasteiger partial charge on any atom is -0.378 e. The lowest BCUT2D eigenvalue weighted by Gasteiger charge is -2.27. The molecule has 1 aliphatic rings. The summed E-state index contributed by atoms with van der Waals surface area (Å²) < 4.78 is 34.0. The van der Waals surface area contributed by atoms with E-state index in [0.29, 0.717) is 48.8 Å². The van der Waals surface area contributed by atoms with Crippen molar-refractivity contribution in [3.63, 3.8) is 0 Å². The maximum absolute atomic E-state index is 13.9. The maximum Gasteiger partial charge on any atom is 0.243 e. The first-order valence-corrected chi connectivity index (χ1v) is 11.5. The Balaban J connectivity index is 1.39. The van der Waals surface area contributed by atoms with E-state index in [-0.39, 0.29) is 18.2 Å². The van der Waals surface area contributed by atoms with Gasteiger partial charge in [-0.3, -0.25) is 14.2 Å². The lowest BCUT2D eigenvalue weighted by Crippen LogP contribution is -2.38. The van der Waals surface area contributed by atoms with E-state index in [1.807, 2.05) is 4.90 Å². The Bertz CT molecular complexity index is 1150. The van der Waals surface area contributed by atoms with Crippen LogP contribution in [0.25, 0.3) is 5.69 Å². The molecule has 2 amide bonds. The third-order valence-corrected chi connectivity index (χ3v) is 5.81. The van der Waals surface area contributed by atoms with Gasteiger partial charge in [-0.05, 0) is 42.5 Å². The molecule has 2 heterocycles. The highest BCUT2D eigenvalue weighted by Gasteiger charge is 2.22. The Hall–Kier alpha value is -3.51. The number of nitrogens with zero attached hydrogens (tertiary/aromatic N) is 4. The predicted molar refractivity (Wildman–Crippen MR) is 123 cm³/mol. The van der Waals surface area contributed by atoms with Crippen LogP contribution in [0.3, 0.4) is 0 Å². The number of benzene rings is 2. The summed E-state index contributed by atoms with van der Waals surface area (Å²) in [6, 6.07) is 11.4. The number of anilines is 2. The first-order valence-electron chi connectivity index (χ1n) is 10.5. The Kier molecular flexibility index (Phi) is 7.70. The number of rotatable bonds is 8. The predicted octanol–water partition coefficient (Wildman–Crippen LogP) is 2.23. The van der Waals surface area contributed by atoms with Gasteiger partial charge in [0.05, 0.1) is 31.2 Å². The SMILES string of the molecule is O=C(CSc1nnc(N2CCOCC2)n1-c1cccc(F)c1)NCC(=O)Nc1ccc(F)cc1. The molecule has 0 unspecified atom stereocenters. The van der Waals surface area contributed by atoms with Gasteiger partial charge in [-0.1, -0.05) is 17.8 Å². The number of carbonyl (C=O) groups excluding carboxylic acids is 2. The second-order valence-electron chi connectivity index (χ2n) is 7.32. The van der Waals surface area contributed by atoms with Crippen LogP contribution in [0.1, 0.15) is 0 Å². The van der Waals surface area contributed by atoms with Gasteiger partial charge in [-0.15, -0.1) is 10.2 Å². The van der Waals surface area contributed by atoms with Crippen LogP contribution in [-0.4, -0.2) is 65.2 Å². The van der Waals surface area contributed by atoms with Crippen molar-refractivity contribution in [2.75, 3.05) is 48.8 Å². The van der Waals surface area contributed by atoms with Gasteiger partial charge < -0.3 is 20.3 Å². The lowest BCUT2D eigenvalue weighted by molar-refractivity contribution is -0.122. The Morgan fingerprint density at radius 3 is 2.50 bits per heavy atom. The highest BCUT2D eigenvalue weighted by Crippen LogP contribution is 2.27. The molecule has 0 spiro atoms. The minimum absolute atomic E-state index is 0.0274. The zero-order chi connectivity index (χ0) is 23.9. The second-order valence-corrected chi connectivity index (χ2v) is 8.26. The summed E-state index contributed by atoms with van der Waals surface area (Å²) in [7, 11) is 0. The number of carbonyl (C=O) groups is 2. The number of hydrogen-bond donors (Lipinski definition) is 2. The monoisotopic (exact) mass is 488 g/mol. The maximum atomic E-state index is 13.9. The van der Waals surface area contributed by atoms with Crippen molar-refractivity contribution in [2.24, 2.45) is 0 Å². The highest BCUT2D eigenvalue weighted by atomic mass is 32.2. The van der Waals surface area contributed by atoms with E-state index < -0.39 is 17.5 Å². The van der Waals surface area contributed by atoms with Crippen LogP contribution in [-0.2, 0) is 14.3 Å². The van der Waals surface area contributed by atoms with Gasteiger partial charge in [0, 0.05) is 18.8 Å². The van der Waals surface area contributed by atoms with Crippen molar-refractivity contribution in [1.29, 1.82) is 0 Å². The fourth-order valence-electron chi connectivity index (χ4n) is 3.26. The average Bonchev–Trinajstić information content (AvgIpc) is 3.27. The van der Waals surface area contributed by atoms with Crippen LogP contribution in [0.5, 0.6) is 0 Å². The molecule has 0 aliphatic carbocycles. The largest absolute Gasteiger partial charge is 0.378 e. The van der Waals surface area contributed by atoms with Crippen molar-refractivity contribution >= 4 is 35.2 Å². The summed E-state index contributed by atoms with van der Waals surface area (Å²) in [6.45, 7) is 2.07. The molecule has 0 bridgehead atoms. The smallest absolute Gasteiger partial charge is 0.243 e. The van der Waals surface area contributed by atoms with Gasteiger partial charge in [0.25, 0.3) is 0 Å². The van der Waals surface area contributed by atoms with E-state index >= 15 is 0 Å². The number of ether oxygens (including phenoxy) is 1. The molecule has 1 aromatic heterocycles. The molecule has 178 valence electrons. The molecule has 1 fully saturated rings. The number of thioether (sulfide) groups is 1. The third-order valence-electron chi connectivity index (χ3n) is 4.88. The van der Waals surface area contributed by atoms with Crippen LogP contribution in [0.2, 0.25) is 0 Å². The topological polar surface area (TPSA) is 101 Å². The van der Waals surface area contributed by atoms with Crippen LogP contribution in [0.15, 0.2) is 53.7 Å². The molecule has 0 atom stereocenters. The first-order chi connectivity index (χ1) is 16.5. The zero-order valence-electron chi connectivity index (χ0n) is 18.0. The summed E-state index contributed by atoms with van der Waals surface area (Å²) in [5, 5.41) is 14.0. The Morgan fingerprint density at radius 1 is 1.00 bits per heavy atom. The number of halogens is 2. The molecular formula is C22H22F2N6O3S. The molecule has 1 aliphatic heterocycles. The standard InChI is InChI=1S/C22H22F2N6O3S/c23-15-4-6-17(7-5-15)26-19(31)13-25-20(32)14-34-22-28-27-21(29-8-10-33-11-9-29)30(22)18-3-1-2-16(24)12-18/h1-7,12H,8-11,13-14H2,(H,25,32)(H,26,31). The number of morpholine rings is 1. The van der Waals surface area contributed by atoms with E-state index in [0.717, 1.165) is 11.8 Å². The molecule has 3 aromatic rings. The summed E-state index contributed by atoms with van der Waals surface area (Å²) in [5.74, 6) is -1.13. The molecule has 34 heavy (non-hydrogen) atoms.